The molecule has 15 heteroatoms. The molecule has 0 aliphatic carbocycles. The summed E-state index contributed by atoms with van der Waals surface area (Å²) in [6.07, 6.45) is 5.18. The molecule has 0 spiro atoms. The van der Waals surface area contributed by atoms with Crippen LogP contribution in [-0.2, 0) is 19.1 Å². The Kier molecular flexibility index (Phi) is 12.1. The average Bonchev–Trinajstić information content (AvgIpc) is 3.92. The van der Waals surface area contributed by atoms with Crippen LogP contribution in [0.5, 0.6) is 0 Å². The van der Waals surface area contributed by atoms with Crippen molar-refractivity contribution < 1.29 is 28.7 Å². The number of benzene rings is 1. The van der Waals surface area contributed by atoms with E-state index < -0.39 is 23.3 Å². The molecule has 2 aliphatic heterocycles. The predicted octanol–water partition coefficient (Wildman–Crippen LogP) is 4.22. The van der Waals surface area contributed by atoms with Crippen molar-refractivity contribution in [2.45, 2.75) is 76.5 Å². The number of ether oxygens (including phenoxy) is 2. The van der Waals surface area contributed by atoms with Gasteiger partial charge in [-0.1, -0.05) is 18.1 Å². The number of imidazole rings is 2. The van der Waals surface area contributed by atoms with E-state index in [-0.39, 0.29) is 36.3 Å². The molecule has 2 aliphatic rings. The highest BCUT2D eigenvalue weighted by atomic mass is 35.5. The smallest absolute Gasteiger partial charge is 0.407 e. The second-order valence-electron chi connectivity index (χ2n) is 13.2. The van der Waals surface area contributed by atoms with Gasteiger partial charge in [-0.3, -0.25) is 9.59 Å². The lowest BCUT2D eigenvalue weighted by molar-refractivity contribution is -0.138. The standard InChI is InChI=1S/C36H42N8O6.ClH/c1-35(2,41-33(47)49-5)31(45)43-19-9-13-27(43)29-37-21-25(39-29)12-8-7-11-23-15-17-24(18-16-23)26-22-38-30(40-26)28-14-10-20-44(28)32(46)36(3,4)42-34(48)50-6;/h15-18,21-22,27-28H,9-10,13-14,19-20H2,1-6H3,(H,37,39)(H,38,40)(H,41,47)(H,42,48);1H/t27-,28-;/m1./s1. The summed E-state index contributed by atoms with van der Waals surface area (Å²) in [6.45, 7) is 7.73. The molecular formula is C36H43ClN8O6. The molecule has 0 saturated carbocycles. The minimum atomic E-state index is -1.14. The van der Waals surface area contributed by atoms with Gasteiger partial charge in [0.2, 0.25) is 11.8 Å². The predicted molar refractivity (Wildman–Crippen MR) is 190 cm³/mol. The number of nitrogens with one attached hydrogen (secondary N) is 4. The maximum atomic E-state index is 13.3. The molecule has 14 nitrogen and oxygen atoms in total. The summed E-state index contributed by atoms with van der Waals surface area (Å²) in [5.74, 6) is 12.7. The first-order valence-corrected chi connectivity index (χ1v) is 16.4. The number of aromatic amines is 2. The van der Waals surface area contributed by atoms with Gasteiger partial charge in [0.15, 0.2) is 0 Å². The average molecular weight is 719 g/mol. The van der Waals surface area contributed by atoms with E-state index in [4.69, 9.17) is 0 Å². The van der Waals surface area contributed by atoms with Crippen molar-refractivity contribution in [3.63, 3.8) is 0 Å². The zero-order chi connectivity index (χ0) is 36.1. The monoisotopic (exact) mass is 718 g/mol. The van der Waals surface area contributed by atoms with Crippen molar-refractivity contribution in [1.82, 2.24) is 40.4 Å². The van der Waals surface area contributed by atoms with Gasteiger partial charge in [-0.25, -0.2) is 19.6 Å². The Labute approximate surface area is 303 Å². The number of H-pyrrole nitrogens is 2. The highest BCUT2D eigenvalue weighted by Crippen LogP contribution is 2.34. The summed E-state index contributed by atoms with van der Waals surface area (Å²) in [7, 11) is 2.52. The van der Waals surface area contributed by atoms with Gasteiger partial charge in [0.25, 0.3) is 0 Å². The SMILES string of the molecule is COC(=O)NC(C)(C)C(=O)N1CCC[C@@H]1c1ncc(C#CC#Cc2ccc(-c3cnc([C@H]4CCCN4C(=O)C(C)(C)NC(=O)OC)[nH]3)cc2)[nH]1.Cl. The molecule has 3 aromatic rings. The summed E-state index contributed by atoms with van der Waals surface area (Å²) in [5, 5.41) is 5.21. The molecule has 5 rings (SSSR count). The fourth-order valence-corrected chi connectivity index (χ4v) is 6.18. The molecule has 4 amide bonds. The van der Waals surface area contributed by atoms with Crippen molar-refractivity contribution in [2.24, 2.45) is 0 Å². The number of carbonyl (C=O) groups excluding carboxylic acids is 4. The second-order valence-corrected chi connectivity index (χ2v) is 13.2. The van der Waals surface area contributed by atoms with Crippen LogP contribution in [0.25, 0.3) is 11.3 Å². The molecule has 0 bridgehead atoms. The second kappa shape index (κ2) is 16.0. The van der Waals surface area contributed by atoms with Gasteiger partial charge >= 0.3 is 12.2 Å². The molecule has 0 unspecified atom stereocenters. The number of carbonyl (C=O) groups is 4. The largest absolute Gasteiger partial charge is 0.453 e. The lowest BCUT2D eigenvalue weighted by atomic mass is 10.0. The van der Waals surface area contributed by atoms with Gasteiger partial charge in [-0.2, -0.15) is 0 Å². The lowest BCUT2D eigenvalue weighted by Gasteiger charge is -2.32. The minimum absolute atomic E-state index is 0. The third-order valence-corrected chi connectivity index (χ3v) is 8.78. The highest BCUT2D eigenvalue weighted by Gasteiger charge is 2.42. The molecule has 2 aromatic heterocycles. The summed E-state index contributed by atoms with van der Waals surface area (Å²) in [4.78, 5) is 69.2. The molecule has 2 fully saturated rings. The topological polar surface area (TPSA) is 175 Å². The quantitative estimate of drug-likeness (QED) is 0.263. The zero-order valence-corrected chi connectivity index (χ0v) is 30.3. The van der Waals surface area contributed by atoms with E-state index in [9.17, 15) is 19.2 Å². The first kappa shape index (κ1) is 38.3. The summed E-state index contributed by atoms with van der Waals surface area (Å²) >= 11 is 0. The Morgan fingerprint density at radius 3 is 1.78 bits per heavy atom. The van der Waals surface area contributed by atoms with Crippen LogP contribution in [0, 0.1) is 23.7 Å². The number of nitrogens with zero attached hydrogens (tertiary/aromatic N) is 4. The van der Waals surface area contributed by atoms with Crippen LogP contribution < -0.4 is 10.6 Å². The van der Waals surface area contributed by atoms with E-state index in [2.05, 4.69) is 63.7 Å². The first-order chi connectivity index (χ1) is 23.8. The van der Waals surface area contributed by atoms with Gasteiger partial charge < -0.3 is 39.9 Å². The van der Waals surface area contributed by atoms with Crippen LogP contribution in [0.3, 0.4) is 0 Å². The van der Waals surface area contributed by atoms with E-state index >= 15 is 0 Å². The maximum absolute atomic E-state index is 13.3. The van der Waals surface area contributed by atoms with Crippen molar-refractivity contribution in [3.05, 3.63) is 59.6 Å². The highest BCUT2D eigenvalue weighted by molar-refractivity contribution is 5.90. The number of alkyl carbamates (subject to hydrolysis) is 2. The van der Waals surface area contributed by atoms with Gasteiger partial charge in [0.05, 0.1) is 44.4 Å². The number of methoxy groups -OCH3 is 2. The van der Waals surface area contributed by atoms with Crippen LogP contribution in [0.15, 0.2) is 36.7 Å². The van der Waals surface area contributed by atoms with Crippen LogP contribution in [0.1, 0.15) is 88.4 Å². The number of aromatic nitrogens is 4. The van der Waals surface area contributed by atoms with Crippen LogP contribution in [-0.4, -0.2) is 92.1 Å². The normalized spacial score (nSPS) is 16.9. The van der Waals surface area contributed by atoms with Gasteiger partial charge in [-0.05, 0) is 88.8 Å². The van der Waals surface area contributed by atoms with Crippen molar-refractivity contribution >= 4 is 36.4 Å². The van der Waals surface area contributed by atoms with E-state index in [1.807, 2.05) is 24.3 Å². The molecule has 4 N–H and O–H groups in total. The van der Waals surface area contributed by atoms with Crippen LogP contribution in [0.2, 0.25) is 0 Å². The number of halogens is 1. The van der Waals surface area contributed by atoms with E-state index in [0.29, 0.717) is 30.4 Å². The molecule has 0 radical (unpaired) electrons. The Balaban J connectivity index is 0.00000583. The Morgan fingerprint density at radius 1 is 0.765 bits per heavy atom. The Hall–Kier alpha value is -5.47. The van der Waals surface area contributed by atoms with E-state index in [1.165, 1.54) is 14.2 Å². The zero-order valence-electron chi connectivity index (χ0n) is 29.5. The lowest BCUT2D eigenvalue weighted by Crippen LogP contribution is -2.55. The molecule has 4 heterocycles. The number of hydrogen-bond donors (Lipinski definition) is 4. The Bertz CT molecular complexity index is 1880. The maximum Gasteiger partial charge on any atom is 0.407 e. The third-order valence-electron chi connectivity index (χ3n) is 8.78. The van der Waals surface area contributed by atoms with Crippen molar-refractivity contribution in [3.8, 4) is 34.9 Å². The van der Waals surface area contributed by atoms with Gasteiger partial charge in [-0.15, -0.1) is 12.4 Å². The molecule has 51 heavy (non-hydrogen) atoms. The number of rotatable bonds is 7. The van der Waals surface area contributed by atoms with Gasteiger partial charge in [0.1, 0.15) is 28.4 Å². The van der Waals surface area contributed by atoms with Crippen LogP contribution >= 0.6 is 12.4 Å². The molecule has 2 atom stereocenters. The van der Waals surface area contributed by atoms with E-state index in [0.717, 1.165) is 42.5 Å². The molecular weight excluding hydrogens is 676 g/mol. The minimum Gasteiger partial charge on any atom is -0.453 e. The van der Waals surface area contributed by atoms with E-state index in [1.54, 1.807) is 49.9 Å². The molecule has 1 aromatic carbocycles. The Morgan fingerprint density at radius 2 is 1.25 bits per heavy atom. The molecule has 2 saturated heterocycles. The summed E-state index contributed by atoms with van der Waals surface area (Å²) < 4.78 is 9.35. The van der Waals surface area contributed by atoms with Crippen molar-refractivity contribution in [1.29, 1.82) is 0 Å². The van der Waals surface area contributed by atoms with Crippen molar-refractivity contribution in [2.75, 3.05) is 27.3 Å². The van der Waals surface area contributed by atoms with Crippen LogP contribution in [0.4, 0.5) is 9.59 Å². The molecule has 270 valence electrons. The number of amides is 4. The summed E-state index contributed by atoms with van der Waals surface area (Å²) in [6, 6.07) is 7.18. The number of likely N-dealkylation sites (tertiary alicyclic amines) is 2. The summed E-state index contributed by atoms with van der Waals surface area (Å²) in [5.41, 5.74) is 0.825. The number of hydrogen-bond acceptors (Lipinski definition) is 8. The van der Waals surface area contributed by atoms with Gasteiger partial charge in [0, 0.05) is 18.7 Å². The fourth-order valence-electron chi connectivity index (χ4n) is 6.18. The third kappa shape index (κ3) is 8.83. The first-order valence-electron chi connectivity index (χ1n) is 16.4. The fraction of sp³-hybridized carbons (Fsp3) is 0.444.